The van der Waals surface area contributed by atoms with Crippen LogP contribution in [0.25, 0.3) is 0 Å². The first-order valence-corrected chi connectivity index (χ1v) is 6.49. The largest absolute Gasteiger partial charge is 0.496 e. The number of ether oxygens (including phenoxy) is 2. The van der Waals surface area contributed by atoms with Crippen LogP contribution in [-0.4, -0.2) is 37.2 Å². The average molecular weight is 291 g/mol. The van der Waals surface area contributed by atoms with Crippen molar-refractivity contribution in [2.75, 3.05) is 14.2 Å². The zero-order valence-corrected chi connectivity index (χ0v) is 11.8. The third-order valence-electron chi connectivity index (χ3n) is 3.37. The lowest BCUT2D eigenvalue weighted by Crippen LogP contribution is -2.33. The maximum absolute atomic E-state index is 12.4. The Morgan fingerprint density at radius 2 is 1.81 bits per heavy atom. The molecule has 21 heavy (non-hydrogen) atoms. The van der Waals surface area contributed by atoms with Gasteiger partial charge in [-0.3, -0.25) is 9.59 Å². The number of hydrogen-bond acceptors (Lipinski definition) is 4. The highest BCUT2D eigenvalue weighted by molar-refractivity contribution is 6.00. The Labute approximate surface area is 122 Å². The average Bonchev–Trinajstić information content (AvgIpc) is 2.94. The second-order valence-electron chi connectivity index (χ2n) is 4.68. The van der Waals surface area contributed by atoms with Gasteiger partial charge in [0.2, 0.25) is 0 Å². The Morgan fingerprint density at radius 1 is 1.19 bits per heavy atom. The van der Waals surface area contributed by atoms with Gasteiger partial charge in [0.05, 0.1) is 20.1 Å². The Hall–Kier alpha value is -2.50. The van der Waals surface area contributed by atoms with Crippen molar-refractivity contribution in [2.24, 2.45) is 5.92 Å². The first-order chi connectivity index (χ1) is 10.1. The van der Waals surface area contributed by atoms with Gasteiger partial charge in [-0.1, -0.05) is 18.2 Å². The number of nitrogens with one attached hydrogen (secondary N) is 1. The highest BCUT2D eigenvalue weighted by atomic mass is 16.5. The molecule has 2 rings (SSSR count). The van der Waals surface area contributed by atoms with Crippen molar-refractivity contribution >= 4 is 11.9 Å². The van der Waals surface area contributed by atoms with Crippen LogP contribution in [0.3, 0.4) is 0 Å². The summed E-state index contributed by atoms with van der Waals surface area (Å²) in [7, 11) is 2.95. The van der Waals surface area contributed by atoms with Gasteiger partial charge in [0.25, 0.3) is 5.91 Å². The lowest BCUT2D eigenvalue weighted by molar-refractivity contribution is -0.140. The van der Waals surface area contributed by atoms with Crippen molar-refractivity contribution in [3.8, 4) is 11.5 Å². The smallest absolute Gasteiger partial charge is 0.310 e. The highest BCUT2D eigenvalue weighted by Crippen LogP contribution is 2.28. The van der Waals surface area contributed by atoms with E-state index in [1.807, 2.05) is 0 Å². The minimum absolute atomic E-state index is 0.301. The topological polar surface area (TPSA) is 84.9 Å². The summed E-state index contributed by atoms with van der Waals surface area (Å²) in [6, 6.07) is 4.75. The minimum atomic E-state index is -0.891. The van der Waals surface area contributed by atoms with Gasteiger partial charge >= 0.3 is 5.97 Å². The normalized spacial score (nSPS) is 20.1. The molecule has 0 aliphatic heterocycles. The van der Waals surface area contributed by atoms with E-state index in [1.165, 1.54) is 14.2 Å². The fraction of sp³-hybridized carbons (Fsp3) is 0.333. The van der Waals surface area contributed by atoms with Gasteiger partial charge in [-0.05, 0) is 18.6 Å². The maximum Gasteiger partial charge on any atom is 0.310 e. The Morgan fingerprint density at radius 3 is 2.29 bits per heavy atom. The molecule has 0 saturated carbocycles. The minimum Gasteiger partial charge on any atom is -0.496 e. The second kappa shape index (κ2) is 6.30. The summed E-state index contributed by atoms with van der Waals surface area (Å²) in [6.07, 6.45) is 3.63. The zero-order valence-electron chi connectivity index (χ0n) is 11.8. The predicted molar refractivity (Wildman–Crippen MR) is 75.7 cm³/mol. The van der Waals surface area contributed by atoms with E-state index in [9.17, 15) is 9.59 Å². The fourth-order valence-corrected chi connectivity index (χ4v) is 2.30. The molecule has 0 heterocycles. The number of aliphatic carboxylic acids is 1. The van der Waals surface area contributed by atoms with E-state index in [0.29, 0.717) is 23.5 Å². The van der Waals surface area contributed by atoms with Gasteiger partial charge < -0.3 is 19.9 Å². The second-order valence-corrected chi connectivity index (χ2v) is 4.68. The van der Waals surface area contributed by atoms with Crippen molar-refractivity contribution in [1.82, 2.24) is 5.32 Å². The molecule has 0 saturated heterocycles. The van der Waals surface area contributed by atoms with Gasteiger partial charge in [-0.2, -0.15) is 0 Å². The van der Waals surface area contributed by atoms with Crippen LogP contribution in [0.4, 0.5) is 0 Å². The molecule has 0 fully saturated rings. The number of carboxylic acid groups (broad SMARTS) is 1. The van der Waals surface area contributed by atoms with Crippen LogP contribution < -0.4 is 14.8 Å². The molecule has 2 atom stereocenters. The van der Waals surface area contributed by atoms with Crippen LogP contribution in [0.15, 0.2) is 30.4 Å². The maximum atomic E-state index is 12.4. The summed E-state index contributed by atoms with van der Waals surface area (Å²) in [4.78, 5) is 23.3. The number of carbonyl (C=O) groups excluding carboxylic acids is 1. The van der Waals surface area contributed by atoms with Crippen LogP contribution >= 0.6 is 0 Å². The van der Waals surface area contributed by atoms with Gasteiger partial charge in [0.1, 0.15) is 17.1 Å². The molecule has 1 amide bonds. The summed E-state index contributed by atoms with van der Waals surface area (Å²) in [6.45, 7) is 0. The number of amides is 1. The summed E-state index contributed by atoms with van der Waals surface area (Å²) >= 11 is 0. The van der Waals surface area contributed by atoms with Crippen molar-refractivity contribution in [3.63, 3.8) is 0 Å². The molecule has 6 nitrogen and oxygen atoms in total. The third-order valence-corrected chi connectivity index (χ3v) is 3.37. The number of carboxylic acids is 1. The van der Waals surface area contributed by atoms with E-state index in [1.54, 1.807) is 30.4 Å². The van der Waals surface area contributed by atoms with Crippen LogP contribution in [0, 0.1) is 5.92 Å². The van der Waals surface area contributed by atoms with E-state index >= 15 is 0 Å². The number of carbonyl (C=O) groups is 2. The first kappa shape index (κ1) is 14.9. The molecule has 1 aromatic rings. The van der Waals surface area contributed by atoms with Gasteiger partial charge in [0, 0.05) is 6.04 Å². The monoisotopic (exact) mass is 291 g/mol. The highest BCUT2D eigenvalue weighted by Gasteiger charge is 2.27. The Bertz CT molecular complexity index is 559. The third kappa shape index (κ3) is 3.16. The van der Waals surface area contributed by atoms with E-state index in [2.05, 4.69) is 5.32 Å². The quantitative estimate of drug-likeness (QED) is 0.802. The standard InChI is InChI=1S/C15H17NO5/c1-20-11-4-3-5-12(21-2)13(11)14(17)16-10-7-6-9(8-10)15(18)19/h3-7,9-10H,8H2,1-2H3,(H,16,17)(H,18,19). The van der Waals surface area contributed by atoms with Crippen molar-refractivity contribution in [2.45, 2.75) is 12.5 Å². The molecule has 1 aliphatic carbocycles. The molecule has 0 radical (unpaired) electrons. The summed E-state index contributed by atoms with van der Waals surface area (Å²) in [5.41, 5.74) is 0.301. The van der Waals surface area contributed by atoms with E-state index in [0.717, 1.165) is 0 Å². The lowest BCUT2D eigenvalue weighted by Gasteiger charge is -2.16. The van der Waals surface area contributed by atoms with Gasteiger partial charge in [-0.25, -0.2) is 0 Å². The summed E-state index contributed by atoms with van der Waals surface area (Å²) < 4.78 is 10.4. The molecule has 0 spiro atoms. The number of rotatable bonds is 5. The molecule has 6 heteroatoms. The lowest BCUT2D eigenvalue weighted by atomic mass is 10.1. The Balaban J connectivity index is 2.15. The first-order valence-electron chi connectivity index (χ1n) is 6.49. The van der Waals surface area contributed by atoms with Gasteiger partial charge in [-0.15, -0.1) is 0 Å². The van der Waals surface area contributed by atoms with Crippen LogP contribution in [0.5, 0.6) is 11.5 Å². The zero-order chi connectivity index (χ0) is 15.4. The van der Waals surface area contributed by atoms with Crippen LogP contribution in [0.2, 0.25) is 0 Å². The summed E-state index contributed by atoms with van der Waals surface area (Å²) in [5.74, 6) is -0.995. The molecule has 1 aromatic carbocycles. The molecule has 112 valence electrons. The molecular formula is C15H17NO5. The van der Waals surface area contributed by atoms with E-state index in [-0.39, 0.29) is 11.9 Å². The van der Waals surface area contributed by atoms with E-state index < -0.39 is 11.9 Å². The fourth-order valence-electron chi connectivity index (χ4n) is 2.30. The molecule has 2 unspecified atom stereocenters. The van der Waals surface area contributed by atoms with Crippen molar-refractivity contribution in [3.05, 3.63) is 35.9 Å². The molecule has 1 aliphatic rings. The molecule has 0 bridgehead atoms. The number of methoxy groups -OCH3 is 2. The van der Waals surface area contributed by atoms with Crippen LogP contribution in [-0.2, 0) is 4.79 Å². The van der Waals surface area contributed by atoms with E-state index in [4.69, 9.17) is 14.6 Å². The SMILES string of the molecule is COc1cccc(OC)c1C(=O)NC1C=CC(C(=O)O)C1. The molecule has 0 aromatic heterocycles. The molecule has 2 N–H and O–H groups in total. The Kier molecular flexibility index (Phi) is 4.47. The van der Waals surface area contributed by atoms with Crippen LogP contribution in [0.1, 0.15) is 16.8 Å². The van der Waals surface area contributed by atoms with Gasteiger partial charge in [0.15, 0.2) is 0 Å². The van der Waals surface area contributed by atoms with Crippen molar-refractivity contribution in [1.29, 1.82) is 0 Å². The number of hydrogen-bond donors (Lipinski definition) is 2. The predicted octanol–water partition coefficient (Wildman–Crippen LogP) is 1.46. The molecular weight excluding hydrogens is 274 g/mol. The summed E-state index contributed by atoms with van der Waals surface area (Å²) in [5, 5.41) is 11.7. The number of benzene rings is 1. The van der Waals surface area contributed by atoms with Crippen molar-refractivity contribution < 1.29 is 24.2 Å².